The summed E-state index contributed by atoms with van der Waals surface area (Å²) in [4.78, 5) is 16.2. The average Bonchev–Trinajstić information content (AvgIpc) is 3.04. The molecule has 0 N–H and O–H groups in total. The molecule has 3 aromatic rings. The Morgan fingerprint density at radius 3 is 2.38 bits per heavy atom. The summed E-state index contributed by atoms with van der Waals surface area (Å²) in [6.45, 7) is 0.249. The first-order valence-corrected chi connectivity index (χ1v) is 6.63. The van der Waals surface area contributed by atoms with Crippen molar-refractivity contribution in [1.82, 2.24) is 9.55 Å². The van der Waals surface area contributed by atoms with Gasteiger partial charge in [-0.1, -0.05) is 60.7 Å². The maximum absolute atomic E-state index is 12.0. The molecule has 0 aliphatic carbocycles. The molecule has 0 amide bonds. The normalized spacial score (nSPS) is 10.3. The van der Waals surface area contributed by atoms with Gasteiger partial charge in [-0.05, 0) is 5.56 Å². The Balaban J connectivity index is 1.67. The highest BCUT2D eigenvalue weighted by Gasteiger charge is 2.09. The van der Waals surface area contributed by atoms with E-state index in [9.17, 15) is 4.79 Å². The van der Waals surface area contributed by atoms with E-state index >= 15 is 0 Å². The predicted molar refractivity (Wildman–Crippen MR) is 79.7 cm³/mol. The van der Waals surface area contributed by atoms with Crippen molar-refractivity contribution in [2.75, 3.05) is 0 Å². The van der Waals surface area contributed by atoms with Crippen molar-refractivity contribution in [3.05, 3.63) is 78.8 Å². The Hall–Kier alpha value is -2.88. The molecule has 2 aromatic carbocycles. The molecule has 3 rings (SSSR count). The van der Waals surface area contributed by atoms with E-state index in [2.05, 4.69) is 4.98 Å². The second-order valence-electron chi connectivity index (χ2n) is 4.57. The van der Waals surface area contributed by atoms with Crippen LogP contribution in [0.2, 0.25) is 0 Å². The van der Waals surface area contributed by atoms with Gasteiger partial charge in [0.2, 0.25) is 0 Å². The standard InChI is InChI=1S/C17H14N2O2/c20-17(21-12-14-7-3-1-4-8-14)19-11-16(18-13-19)15-9-5-2-6-10-15/h1-11,13H,12H2. The Morgan fingerprint density at radius 2 is 1.67 bits per heavy atom. The third-order valence-electron chi connectivity index (χ3n) is 3.07. The Labute approximate surface area is 122 Å². The van der Waals surface area contributed by atoms with Crippen molar-refractivity contribution in [2.24, 2.45) is 0 Å². The quantitative estimate of drug-likeness (QED) is 0.733. The van der Waals surface area contributed by atoms with Crippen LogP contribution in [0.3, 0.4) is 0 Å². The highest BCUT2D eigenvalue weighted by molar-refractivity contribution is 5.72. The number of ether oxygens (including phenoxy) is 1. The zero-order valence-corrected chi connectivity index (χ0v) is 11.3. The van der Waals surface area contributed by atoms with Gasteiger partial charge in [-0.3, -0.25) is 0 Å². The molecule has 0 fully saturated rings. The fourth-order valence-corrected chi connectivity index (χ4v) is 1.97. The van der Waals surface area contributed by atoms with E-state index in [1.165, 1.54) is 10.9 Å². The lowest BCUT2D eigenvalue weighted by Gasteiger charge is -2.04. The summed E-state index contributed by atoms with van der Waals surface area (Å²) in [5, 5.41) is 0. The molecule has 0 saturated carbocycles. The van der Waals surface area contributed by atoms with Crippen molar-refractivity contribution >= 4 is 6.09 Å². The van der Waals surface area contributed by atoms with Crippen molar-refractivity contribution in [3.63, 3.8) is 0 Å². The molecule has 0 radical (unpaired) electrons. The number of rotatable bonds is 3. The van der Waals surface area contributed by atoms with E-state index in [1.54, 1.807) is 6.20 Å². The first-order chi connectivity index (χ1) is 10.3. The minimum absolute atomic E-state index is 0.249. The van der Waals surface area contributed by atoms with Gasteiger partial charge >= 0.3 is 6.09 Å². The molecule has 0 bridgehead atoms. The van der Waals surface area contributed by atoms with E-state index < -0.39 is 6.09 Å². The fraction of sp³-hybridized carbons (Fsp3) is 0.0588. The largest absolute Gasteiger partial charge is 0.444 e. The summed E-state index contributed by atoms with van der Waals surface area (Å²) < 4.78 is 6.60. The van der Waals surface area contributed by atoms with E-state index in [-0.39, 0.29) is 6.61 Å². The first-order valence-electron chi connectivity index (χ1n) is 6.63. The number of benzene rings is 2. The molecule has 4 heteroatoms. The third kappa shape index (κ3) is 3.17. The summed E-state index contributed by atoms with van der Waals surface area (Å²) in [5.74, 6) is 0. The minimum atomic E-state index is -0.437. The summed E-state index contributed by atoms with van der Waals surface area (Å²) >= 11 is 0. The van der Waals surface area contributed by atoms with Gasteiger partial charge in [-0.15, -0.1) is 0 Å². The van der Waals surface area contributed by atoms with E-state index in [1.807, 2.05) is 60.7 Å². The third-order valence-corrected chi connectivity index (χ3v) is 3.07. The molecular formula is C17H14N2O2. The summed E-state index contributed by atoms with van der Waals surface area (Å²) in [7, 11) is 0. The van der Waals surface area contributed by atoms with Crippen LogP contribution in [0.5, 0.6) is 0 Å². The number of aromatic nitrogens is 2. The molecule has 21 heavy (non-hydrogen) atoms. The Morgan fingerprint density at radius 1 is 1.00 bits per heavy atom. The Bertz CT molecular complexity index is 721. The predicted octanol–water partition coefficient (Wildman–Crippen LogP) is 3.74. The molecule has 1 aromatic heterocycles. The summed E-state index contributed by atoms with van der Waals surface area (Å²) in [6, 6.07) is 19.3. The second kappa shape index (κ2) is 6.05. The minimum Gasteiger partial charge on any atom is -0.444 e. The smallest absolute Gasteiger partial charge is 0.419 e. The average molecular weight is 278 g/mol. The van der Waals surface area contributed by atoms with Crippen LogP contribution in [0, 0.1) is 0 Å². The van der Waals surface area contributed by atoms with Crippen molar-refractivity contribution in [3.8, 4) is 11.3 Å². The molecule has 0 unspecified atom stereocenters. The maximum Gasteiger partial charge on any atom is 0.419 e. The fourth-order valence-electron chi connectivity index (χ4n) is 1.97. The van der Waals surface area contributed by atoms with Crippen molar-refractivity contribution < 1.29 is 9.53 Å². The molecule has 0 saturated heterocycles. The van der Waals surface area contributed by atoms with Crippen LogP contribution in [-0.2, 0) is 11.3 Å². The molecule has 0 atom stereocenters. The molecular weight excluding hydrogens is 264 g/mol. The molecule has 1 heterocycles. The SMILES string of the molecule is O=C(OCc1ccccc1)n1cnc(-c2ccccc2)c1. The number of nitrogens with zero attached hydrogens (tertiary/aromatic N) is 2. The van der Waals surface area contributed by atoms with Gasteiger partial charge in [0.25, 0.3) is 0 Å². The van der Waals surface area contributed by atoms with E-state index in [0.29, 0.717) is 0 Å². The highest BCUT2D eigenvalue weighted by atomic mass is 16.5. The molecule has 0 aliphatic rings. The van der Waals surface area contributed by atoms with Crippen LogP contribution in [0.1, 0.15) is 5.56 Å². The molecule has 4 nitrogen and oxygen atoms in total. The lowest BCUT2D eigenvalue weighted by molar-refractivity contribution is 0.141. The number of carbonyl (C=O) groups excluding carboxylic acids is 1. The van der Waals surface area contributed by atoms with Crippen LogP contribution in [0.4, 0.5) is 4.79 Å². The first kappa shape index (κ1) is 13.1. The van der Waals surface area contributed by atoms with Crippen molar-refractivity contribution in [1.29, 1.82) is 0 Å². The van der Waals surface area contributed by atoms with Crippen LogP contribution < -0.4 is 0 Å². The zero-order chi connectivity index (χ0) is 14.5. The molecule has 104 valence electrons. The van der Waals surface area contributed by atoms with E-state index in [4.69, 9.17) is 4.74 Å². The summed E-state index contributed by atoms with van der Waals surface area (Å²) in [5.41, 5.74) is 2.66. The highest BCUT2D eigenvalue weighted by Crippen LogP contribution is 2.16. The maximum atomic E-state index is 12.0. The number of carbonyl (C=O) groups is 1. The number of hydrogen-bond donors (Lipinski definition) is 0. The van der Waals surface area contributed by atoms with Crippen LogP contribution >= 0.6 is 0 Å². The van der Waals surface area contributed by atoms with E-state index in [0.717, 1.165) is 16.8 Å². The van der Waals surface area contributed by atoms with Gasteiger partial charge in [0.15, 0.2) is 0 Å². The van der Waals surface area contributed by atoms with Crippen LogP contribution in [0.15, 0.2) is 73.2 Å². The second-order valence-corrected chi connectivity index (χ2v) is 4.57. The monoisotopic (exact) mass is 278 g/mol. The summed E-state index contributed by atoms with van der Waals surface area (Å²) in [6.07, 6.45) is 2.70. The van der Waals surface area contributed by atoms with Gasteiger partial charge in [0.05, 0.1) is 5.69 Å². The molecule has 0 spiro atoms. The molecule has 0 aliphatic heterocycles. The van der Waals surface area contributed by atoms with Crippen molar-refractivity contribution in [2.45, 2.75) is 6.61 Å². The van der Waals surface area contributed by atoms with Gasteiger partial charge in [0.1, 0.15) is 12.9 Å². The lowest BCUT2D eigenvalue weighted by Crippen LogP contribution is -2.11. The lowest BCUT2D eigenvalue weighted by atomic mass is 10.2. The van der Waals surface area contributed by atoms with Gasteiger partial charge in [0, 0.05) is 11.8 Å². The Kier molecular flexibility index (Phi) is 3.78. The van der Waals surface area contributed by atoms with Crippen LogP contribution in [0.25, 0.3) is 11.3 Å². The van der Waals surface area contributed by atoms with Gasteiger partial charge in [-0.2, -0.15) is 0 Å². The number of imidazole rings is 1. The zero-order valence-electron chi connectivity index (χ0n) is 11.3. The number of hydrogen-bond acceptors (Lipinski definition) is 3. The van der Waals surface area contributed by atoms with Crippen LogP contribution in [-0.4, -0.2) is 15.6 Å². The van der Waals surface area contributed by atoms with Gasteiger partial charge < -0.3 is 4.74 Å². The topological polar surface area (TPSA) is 44.1 Å². The van der Waals surface area contributed by atoms with Gasteiger partial charge in [-0.25, -0.2) is 14.3 Å².